The van der Waals surface area contributed by atoms with Crippen LogP contribution in [0, 0.1) is 0 Å². The molecule has 0 spiro atoms. The van der Waals surface area contributed by atoms with E-state index in [1.54, 1.807) is 17.0 Å². The summed E-state index contributed by atoms with van der Waals surface area (Å²) in [4.78, 5) is 4.08. The van der Waals surface area contributed by atoms with Crippen LogP contribution >= 0.6 is 11.6 Å². The van der Waals surface area contributed by atoms with Gasteiger partial charge in [0, 0.05) is 18.4 Å². The van der Waals surface area contributed by atoms with Gasteiger partial charge in [-0.2, -0.15) is 13.2 Å². The van der Waals surface area contributed by atoms with Crippen LogP contribution in [0.2, 0.25) is 5.02 Å². The van der Waals surface area contributed by atoms with Gasteiger partial charge >= 0.3 is 6.18 Å². The molecule has 1 N–H and O–H groups in total. The topological polar surface area (TPSA) is 29.9 Å². The zero-order chi connectivity index (χ0) is 14.9. The van der Waals surface area contributed by atoms with E-state index >= 15 is 0 Å². The van der Waals surface area contributed by atoms with Crippen molar-refractivity contribution >= 4 is 23.2 Å². The molecule has 0 saturated heterocycles. The normalized spacial score (nSPS) is 11.9. The minimum absolute atomic E-state index is 0.129. The van der Waals surface area contributed by atoms with Gasteiger partial charge in [-0.3, -0.25) is 0 Å². The van der Waals surface area contributed by atoms with Crippen molar-refractivity contribution in [3.63, 3.8) is 0 Å². The van der Waals surface area contributed by atoms with Crippen molar-refractivity contribution in [2.24, 2.45) is 0 Å². The van der Waals surface area contributed by atoms with Crippen LogP contribution < -0.4 is 5.32 Å². The minimum atomic E-state index is -4.41. The van der Waals surface area contributed by atoms with Gasteiger partial charge in [-0.1, -0.05) is 11.6 Å². The molecule has 0 aliphatic rings. The molecule has 3 nitrogen and oxygen atoms in total. The van der Waals surface area contributed by atoms with Crippen molar-refractivity contribution in [2.45, 2.75) is 26.1 Å². The van der Waals surface area contributed by atoms with Crippen LogP contribution in [0.4, 0.5) is 24.8 Å². The average molecular weight is 304 g/mol. The molecule has 0 fully saturated rings. The Labute approximate surface area is 119 Å². The summed E-state index contributed by atoms with van der Waals surface area (Å²) in [5.41, 5.74) is -0.582. The number of imidazole rings is 1. The summed E-state index contributed by atoms with van der Waals surface area (Å²) in [5, 5.41) is 3.04. The highest BCUT2D eigenvalue weighted by molar-refractivity contribution is 6.33. The molecule has 2 aromatic rings. The maximum absolute atomic E-state index is 12.7. The van der Waals surface area contributed by atoms with Gasteiger partial charge in [0.05, 0.1) is 16.3 Å². The molecule has 20 heavy (non-hydrogen) atoms. The lowest BCUT2D eigenvalue weighted by Gasteiger charge is -2.15. The standard InChI is InChI=1S/C13H13ClF3N3/c1-8(2)20-6-5-18-12(20)19-11-7-9(13(15,16)17)3-4-10(11)14/h3-8H,1-2H3,(H,18,19). The molecule has 0 unspecified atom stereocenters. The monoisotopic (exact) mass is 303 g/mol. The first kappa shape index (κ1) is 14.7. The number of rotatable bonds is 3. The Morgan fingerprint density at radius 2 is 2.00 bits per heavy atom. The van der Waals surface area contributed by atoms with Gasteiger partial charge in [-0.15, -0.1) is 0 Å². The van der Waals surface area contributed by atoms with Crippen LogP contribution in [0.25, 0.3) is 0 Å². The first-order valence-electron chi connectivity index (χ1n) is 5.95. The van der Waals surface area contributed by atoms with Crippen molar-refractivity contribution in [2.75, 3.05) is 5.32 Å². The second-order valence-electron chi connectivity index (χ2n) is 4.57. The number of hydrogen-bond donors (Lipinski definition) is 1. The first-order chi connectivity index (χ1) is 9.29. The number of benzene rings is 1. The van der Waals surface area contributed by atoms with E-state index < -0.39 is 11.7 Å². The Morgan fingerprint density at radius 1 is 1.30 bits per heavy atom. The molecular formula is C13H13ClF3N3. The molecule has 0 aliphatic carbocycles. The fourth-order valence-electron chi connectivity index (χ4n) is 1.74. The van der Waals surface area contributed by atoms with E-state index in [0.717, 1.165) is 12.1 Å². The van der Waals surface area contributed by atoms with Crippen molar-refractivity contribution in [1.29, 1.82) is 0 Å². The highest BCUT2D eigenvalue weighted by Gasteiger charge is 2.31. The van der Waals surface area contributed by atoms with Crippen LogP contribution in [0.1, 0.15) is 25.5 Å². The van der Waals surface area contributed by atoms with E-state index in [2.05, 4.69) is 10.3 Å². The van der Waals surface area contributed by atoms with Crippen LogP contribution in [-0.4, -0.2) is 9.55 Å². The van der Waals surface area contributed by atoms with E-state index in [1.807, 2.05) is 13.8 Å². The van der Waals surface area contributed by atoms with E-state index in [9.17, 15) is 13.2 Å². The van der Waals surface area contributed by atoms with Crippen molar-refractivity contribution in [3.05, 3.63) is 41.2 Å². The molecule has 108 valence electrons. The van der Waals surface area contributed by atoms with Crippen LogP contribution in [0.3, 0.4) is 0 Å². The first-order valence-corrected chi connectivity index (χ1v) is 6.33. The molecule has 0 bridgehead atoms. The van der Waals surface area contributed by atoms with E-state index in [-0.39, 0.29) is 16.8 Å². The zero-order valence-electron chi connectivity index (χ0n) is 10.9. The van der Waals surface area contributed by atoms with Crippen LogP contribution in [0.15, 0.2) is 30.6 Å². The van der Waals surface area contributed by atoms with Gasteiger partial charge in [-0.25, -0.2) is 4.98 Å². The van der Waals surface area contributed by atoms with Crippen molar-refractivity contribution < 1.29 is 13.2 Å². The predicted octanol–water partition coefficient (Wildman–Crippen LogP) is 4.88. The molecule has 1 heterocycles. The third-order valence-electron chi connectivity index (χ3n) is 2.77. The van der Waals surface area contributed by atoms with Gasteiger partial charge in [0.1, 0.15) is 0 Å². The number of alkyl halides is 3. The fraction of sp³-hybridized carbons (Fsp3) is 0.308. The number of nitrogens with zero attached hydrogens (tertiary/aromatic N) is 2. The summed E-state index contributed by atoms with van der Waals surface area (Å²) in [5.74, 6) is 0.446. The SMILES string of the molecule is CC(C)n1ccnc1Nc1cc(C(F)(F)F)ccc1Cl. The second kappa shape index (κ2) is 5.36. The van der Waals surface area contributed by atoms with Gasteiger partial charge in [0.15, 0.2) is 0 Å². The Bertz CT molecular complexity index is 605. The van der Waals surface area contributed by atoms with Gasteiger partial charge in [0.25, 0.3) is 0 Å². The average Bonchev–Trinajstić information content (AvgIpc) is 2.78. The number of hydrogen-bond acceptors (Lipinski definition) is 2. The molecule has 2 rings (SSSR count). The molecule has 1 aromatic carbocycles. The minimum Gasteiger partial charge on any atom is -0.324 e. The summed E-state index contributed by atoms with van der Waals surface area (Å²) < 4.78 is 39.9. The highest BCUT2D eigenvalue weighted by atomic mass is 35.5. The van der Waals surface area contributed by atoms with Crippen molar-refractivity contribution in [1.82, 2.24) is 9.55 Å². The number of anilines is 2. The third kappa shape index (κ3) is 3.07. The fourth-order valence-corrected chi connectivity index (χ4v) is 1.91. The lowest BCUT2D eigenvalue weighted by atomic mass is 10.2. The summed E-state index contributed by atoms with van der Waals surface area (Å²) >= 11 is 5.93. The maximum Gasteiger partial charge on any atom is 0.416 e. The van der Waals surface area contributed by atoms with Gasteiger partial charge < -0.3 is 9.88 Å². The molecule has 7 heteroatoms. The summed E-state index contributed by atoms with van der Waals surface area (Å²) in [7, 11) is 0. The van der Waals surface area contributed by atoms with E-state index in [1.165, 1.54) is 6.07 Å². The Balaban J connectivity index is 2.36. The molecule has 0 atom stereocenters. The van der Waals surface area contributed by atoms with E-state index in [4.69, 9.17) is 11.6 Å². The Kier molecular flexibility index (Phi) is 3.94. The molecule has 1 aromatic heterocycles. The molecule has 0 aliphatic heterocycles. The highest BCUT2D eigenvalue weighted by Crippen LogP contribution is 2.34. The summed E-state index contributed by atoms with van der Waals surface area (Å²) in [6.07, 6.45) is -1.09. The largest absolute Gasteiger partial charge is 0.416 e. The summed E-state index contributed by atoms with van der Waals surface area (Å²) in [6.45, 7) is 3.89. The van der Waals surface area contributed by atoms with Crippen LogP contribution in [-0.2, 0) is 6.18 Å². The second-order valence-corrected chi connectivity index (χ2v) is 4.98. The van der Waals surface area contributed by atoms with Crippen LogP contribution in [0.5, 0.6) is 0 Å². The molecular weight excluding hydrogens is 291 g/mol. The Hall–Kier alpha value is -1.69. The lowest BCUT2D eigenvalue weighted by Crippen LogP contribution is -2.08. The van der Waals surface area contributed by atoms with Gasteiger partial charge in [-0.05, 0) is 32.0 Å². The number of nitrogens with one attached hydrogen (secondary N) is 1. The van der Waals surface area contributed by atoms with E-state index in [0.29, 0.717) is 5.95 Å². The molecule has 0 amide bonds. The predicted molar refractivity (Wildman–Crippen MR) is 72.3 cm³/mol. The molecule has 0 saturated carbocycles. The number of halogens is 4. The number of aromatic nitrogens is 2. The third-order valence-corrected chi connectivity index (χ3v) is 3.09. The lowest BCUT2D eigenvalue weighted by molar-refractivity contribution is -0.137. The van der Waals surface area contributed by atoms with Crippen molar-refractivity contribution in [3.8, 4) is 0 Å². The van der Waals surface area contributed by atoms with Gasteiger partial charge in [0.2, 0.25) is 5.95 Å². The smallest absolute Gasteiger partial charge is 0.324 e. The zero-order valence-corrected chi connectivity index (χ0v) is 11.6. The molecule has 0 radical (unpaired) electrons. The quantitative estimate of drug-likeness (QED) is 0.875. The Morgan fingerprint density at radius 3 is 2.60 bits per heavy atom. The maximum atomic E-state index is 12.7. The summed E-state index contributed by atoms with van der Waals surface area (Å²) in [6, 6.07) is 3.27.